The van der Waals surface area contributed by atoms with Crippen LogP contribution < -0.4 is 0 Å². The highest BCUT2D eigenvalue weighted by atomic mass is 79.9. The van der Waals surface area contributed by atoms with Crippen LogP contribution in [0.2, 0.25) is 0 Å². The van der Waals surface area contributed by atoms with Crippen molar-refractivity contribution in [3.05, 3.63) is 27.7 Å². The third-order valence-corrected chi connectivity index (χ3v) is 3.77. The van der Waals surface area contributed by atoms with E-state index in [4.69, 9.17) is 15.9 Å². The molecule has 0 amide bonds. The van der Waals surface area contributed by atoms with Crippen molar-refractivity contribution in [3.8, 4) is 6.07 Å². The Morgan fingerprint density at radius 2 is 2.07 bits per heavy atom. The predicted octanol–water partition coefficient (Wildman–Crippen LogP) is 2.56. The molecular formula is C8H5BrClNO2S. The lowest BCUT2D eigenvalue weighted by molar-refractivity contribution is 0.609. The number of hydrogen-bond donors (Lipinski definition) is 0. The van der Waals surface area contributed by atoms with Crippen LogP contribution in [0.3, 0.4) is 0 Å². The van der Waals surface area contributed by atoms with Gasteiger partial charge in [0.1, 0.15) is 6.07 Å². The van der Waals surface area contributed by atoms with E-state index in [9.17, 15) is 8.42 Å². The van der Waals surface area contributed by atoms with E-state index < -0.39 is 9.05 Å². The Kier molecular flexibility index (Phi) is 3.20. The highest BCUT2D eigenvalue weighted by molar-refractivity contribution is 9.10. The maximum atomic E-state index is 11.1. The fourth-order valence-corrected chi connectivity index (χ4v) is 2.80. The Morgan fingerprint density at radius 1 is 1.50 bits per heavy atom. The van der Waals surface area contributed by atoms with E-state index in [2.05, 4.69) is 15.9 Å². The van der Waals surface area contributed by atoms with Gasteiger partial charge in [0.15, 0.2) is 0 Å². The van der Waals surface area contributed by atoms with Gasteiger partial charge in [-0.25, -0.2) is 8.42 Å². The first-order valence-electron chi connectivity index (χ1n) is 3.51. The lowest BCUT2D eigenvalue weighted by Gasteiger charge is -2.03. The van der Waals surface area contributed by atoms with E-state index in [0.29, 0.717) is 15.6 Å². The second-order valence-electron chi connectivity index (χ2n) is 2.65. The molecule has 0 bridgehead atoms. The molecule has 0 aliphatic rings. The molecule has 3 nitrogen and oxygen atoms in total. The van der Waals surface area contributed by atoms with Gasteiger partial charge in [0.25, 0.3) is 9.05 Å². The van der Waals surface area contributed by atoms with Gasteiger partial charge in [0, 0.05) is 15.2 Å². The molecule has 0 aliphatic carbocycles. The number of aryl methyl sites for hydroxylation is 1. The van der Waals surface area contributed by atoms with Crippen molar-refractivity contribution in [1.29, 1.82) is 5.26 Å². The summed E-state index contributed by atoms with van der Waals surface area (Å²) in [5, 5.41) is 8.67. The molecular weight excluding hydrogens is 290 g/mol. The zero-order chi connectivity index (χ0) is 10.9. The van der Waals surface area contributed by atoms with E-state index in [0.717, 1.165) is 0 Å². The minimum atomic E-state index is -3.75. The molecule has 0 saturated heterocycles. The summed E-state index contributed by atoms with van der Waals surface area (Å²) in [6.45, 7) is 1.59. The minimum absolute atomic E-state index is 0.0186. The second-order valence-corrected chi connectivity index (χ2v) is 6.04. The van der Waals surface area contributed by atoms with Crippen molar-refractivity contribution in [2.75, 3.05) is 0 Å². The van der Waals surface area contributed by atoms with Crippen molar-refractivity contribution < 1.29 is 8.42 Å². The SMILES string of the molecule is Cc1cc(C#N)c(Br)cc1S(=O)(=O)Cl. The predicted molar refractivity (Wildman–Crippen MR) is 56.6 cm³/mol. The summed E-state index contributed by atoms with van der Waals surface area (Å²) in [6.07, 6.45) is 0. The Morgan fingerprint density at radius 3 is 2.50 bits per heavy atom. The Balaban J connectivity index is 3.54. The summed E-state index contributed by atoms with van der Waals surface area (Å²) >= 11 is 3.09. The quantitative estimate of drug-likeness (QED) is 0.748. The van der Waals surface area contributed by atoms with Crippen LogP contribution >= 0.6 is 26.6 Å². The first-order valence-corrected chi connectivity index (χ1v) is 6.61. The average molecular weight is 295 g/mol. The molecule has 0 heterocycles. The van der Waals surface area contributed by atoms with Crippen LogP contribution in [0.1, 0.15) is 11.1 Å². The van der Waals surface area contributed by atoms with Crippen molar-refractivity contribution in [2.24, 2.45) is 0 Å². The van der Waals surface area contributed by atoms with Gasteiger partial charge in [-0.3, -0.25) is 0 Å². The van der Waals surface area contributed by atoms with Crippen molar-refractivity contribution in [2.45, 2.75) is 11.8 Å². The fourth-order valence-electron chi connectivity index (χ4n) is 1.01. The van der Waals surface area contributed by atoms with Crippen LogP contribution in [0.25, 0.3) is 0 Å². The highest BCUT2D eigenvalue weighted by Gasteiger charge is 2.15. The molecule has 0 aromatic heterocycles. The summed E-state index contributed by atoms with van der Waals surface area (Å²) in [5.74, 6) is 0. The molecule has 0 unspecified atom stereocenters. The number of benzene rings is 1. The Bertz CT molecular complexity index is 519. The van der Waals surface area contributed by atoms with Crippen LogP contribution in [-0.4, -0.2) is 8.42 Å². The summed E-state index contributed by atoms with van der Waals surface area (Å²) in [6, 6.07) is 4.73. The molecule has 0 atom stereocenters. The third kappa shape index (κ3) is 2.27. The zero-order valence-corrected chi connectivity index (χ0v) is 10.2. The summed E-state index contributed by atoms with van der Waals surface area (Å²) in [5.41, 5.74) is 0.839. The van der Waals surface area contributed by atoms with Crippen LogP contribution in [0, 0.1) is 18.3 Å². The van der Waals surface area contributed by atoms with E-state index in [1.165, 1.54) is 12.1 Å². The van der Waals surface area contributed by atoms with Crippen molar-refractivity contribution >= 4 is 35.7 Å². The number of halogens is 2. The van der Waals surface area contributed by atoms with Gasteiger partial charge in [-0.05, 0) is 40.5 Å². The fraction of sp³-hybridized carbons (Fsp3) is 0.125. The first-order chi connectivity index (χ1) is 6.36. The standard InChI is InChI=1S/C8H5BrClNO2S/c1-5-2-6(4-11)7(9)3-8(5)14(10,12)13/h2-3H,1H3. The lowest BCUT2D eigenvalue weighted by atomic mass is 10.1. The highest BCUT2D eigenvalue weighted by Crippen LogP contribution is 2.26. The summed E-state index contributed by atoms with van der Waals surface area (Å²) in [7, 11) is 1.45. The zero-order valence-electron chi connectivity index (χ0n) is 7.08. The monoisotopic (exact) mass is 293 g/mol. The molecule has 0 spiro atoms. The van der Waals surface area contributed by atoms with Crippen LogP contribution in [-0.2, 0) is 9.05 Å². The molecule has 0 N–H and O–H groups in total. The number of nitrogens with zero attached hydrogens (tertiary/aromatic N) is 1. The molecule has 0 saturated carbocycles. The van der Waals surface area contributed by atoms with Gasteiger partial charge in [-0.15, -0.1) is 0 Å². The summed E-state index contributed by atoms with van der Waals surface area (Å²) in [4.78, 5) is 0.0186. The minimum Gasteiger partial charge on any atom is -0.207 e. The van der Waals surface area contributed by atoms with Crippen molar-refractivity contribution in [3.63, 3.8) is 0 Å². The molecule has 1 aromatic carbocycles. The number of rotatable bonds is 1. The maximum Gasteiger partial charge on any atom is 0.261 e. The molecule has 14 heavy (non-hydrogen) atoms. The van der Waals surface area contributed by atoms with Crippen LogP contribution in [0.4, 0.5) is 0 Å². The molecule has 0 aliphatic heterocycles. The van der Waals surface area contributed by atoms with E-state index in [1.807, 2.05) is 6.07 Å². The average Bonchev–Trinajstić information content (AvgIpc) is 2.06. The van der Waals surface area contributed by atoms with E-state index in [1.54, 1.807) is 6.92 Å². The normalized spacial score (nSPS) is 11.0. The van der Waals surface area contributed by atoms with Crippen LogP contribution in [0.15, 0.2) is 21.5 Å². The van der Waals surface area contributed by atoms with Gasteiger partial charge < -0.3 is 0 Å². The van der Waals surface area contributed by atoms with Gasteiger partial charge in [0.05, 0.1) is 10.5 Å². The number of nitriles is 1. The first kappa shape index (κ1) is 11.5. The van der Waals surface area contributed by atoms with Gasteiger partial charge in [-0.1, -0.05) is 0 Å². The summed E-state index contributed by atoms with van der Waals surface area (Å²) < 4.78 is 22.6. The molecule has 1 rings (SSSR count). The van der Waals surface area contributed by atoms with E-state index in [-0.39, 0.29) is 4.90 Å². The topological polar surface area (TPSA) is 57.9 Å². The van der Waals surface area contributed by atoms with Gasteiger partial charge >= 0.3 is 0 Å². The molecule has 74 valence electrons. The molecule has 1 aromatic rings. The van der Waals surface area contributed by atoms with Crippen LogP contribution in [0.5, 0.6) is 0 Å². The Labute approximate surface area is 94.9 Å². The Hall–Kier alpha value is -0.570. The number of hydrogen-bond acceptors (Lipinski definition) is 3. The van der Waals surface area contributed by atoms with Crippen molar-refractivity contribution in [1.82, 2.24) is 0 Å². The largest absolute Gasteiger partial charge is 0.261 e. The maximum absolute atomic E-state index is 11.1. The van der Waals surface area contributed by atoms with Gasteiger partial charge in [0.2, 0.25) is 0 Å². The van der Waals surface area contributed by atoms with Gasteiger partial charge in [-0.2, -0.15) is 5.26 Å². The second kappa shape index (κ2) is 3.89. The third-order valence-electron chi connectivity index (χ3n) is 1.65. The lowest BCUT2D eigenvalue weighted by Crippen LogP contribution is -1.95. The molecule has 0 radical (unpaired) electrons. The van der Waals surface area contributed by atoms with E-state index >= 15 is 0 Å². The molecule has 6 heteroatoms. The molecule has 0 fully saturated rings. The smallest absolute Gasteiger partial charge is 0.207 e.